The predicted octanol–water partition coefficient (Wildman–Crippen LogP) is 2.18. The Kier molecular flexibility index (Phi) is 5.18. The summed E-state index contributed by atoms with van der Waals surface area (Å²) in [7, 11) is -1.92. The Morgan fingerprint density at radius 1 is 1.10 bits per heavy atom. The fourth-order valence-electron chi connectivity index (χ4n) is 3.69. The molecule has 4 rings (SSSR count). The number of aryl methyl sites for hydroxylation is 2. The Morgan fingerprint density at radius 2 is 1.86 bits per heavy atom. The lowest BCUT2D eigenvalue weighted by Crippen LogP contribution is -2.37. The van der Waals surface area contributed by atoms with Gasteiger partial charge in [0.05, 0.1) is 21.6 Å². The lowest BCUT2D eigenvalue weighted by molar-refractivity contribution is 0.0764. The molecule has 10 heteroatoms. The normalized spacial score (nSPS) is 16.3. The number of carbonyl (C=O) groups excluding carboxylic acids is 1. The van der Waals surface area contributed by atoms with E-state index < -0.39 is 10.0 Å². The maximum Gasteiger partial charge on any atom is 0.282 e. The van der Waals surface area contributed by atoms with Crippen molar-refractivity contribution in [3.63, 3.8) is 0 Å². The summed E-state index contributed by atoms with van der Waals surface area (Å²) in [6, 6.07) is 7.65. The van der Waals surface area contributed by atoms with E-state index in [4.69, 9.17) is 0 Å². The summed E-state index contributed by atoms with van der Waals surface area (Å²) >= 11 is 1.37. The van der Waals surface area contributed by atoms with E-state index in [0.29, 0.717) is 42.5 Å². The highest BCUT2D eigenvalue weighted by molar-refractivity contribution is 7.89. The standard InChI is InChI=1S/C19H23N5O3S2/c1-13-17(14(2)22(3)21-13)29(26,27)24-10-6-9-23(11-12-24)19(25)18-20-15-7-4-5-8-16(15)28-18/h4-5,7-8H,6,9-12H2,1-3H3. The van der Waals surface area contributed by atoms with Gasteiger partial charge < -0.3 is 4.90 Å². The second kappa shape index (κ2) is 7.51. The Morgan fingerprint density at radius 3 is 2.55 bits per heavy atom. The highest BCUT2D eigenvalue weighted by Crippen LogP contribution is 2.26. The highest BCUT2D eigenvalue weighted by Gasteiger charge is 2.33. The molecule has 154 valence electrons. The summed E-state index contributed by atoms with van der Waals surface area (Å²) in [5, 5.41) is 4.68. The molecule has 1 fully saturated rings. The first-order valence-electron chi connectivity index (χ1n) is 9.44. The molecule has 29 heavy (non-hydrogen) atoms. The number of hydrogen-bond acceptors (Lipinski definition) is 6. The molecular formula is C19H23N5O3S2. The minimum atomic E-state index is -3.66. The van der Waals surface area contributed by atoms with Crippen molar-refractivity contribution >= 4 is 37.5 Å². The van der Waals surface area contributed by atoms with Gasteiger partial charge in [0, 0.05) is 33.2 Å². The van der Waals surface area contributed by atoms with Crippen LogP contribution in [0.15, 0.2) is 29.2 Å². The number of sulfonamides is 1. The maximum absolute atomic E-state index is 13.2. The van der Waals surface area contributed by atoms with Gasteiger partial charge in [-0.2, -0.15) is 9.40 Å². The van der Waals surface area contributed by atoms with Gasteiger partial charge in [-0.05, 0) is 32.4 Å². The quantitative estimate of drug-likeness (QED) is 0.632. The second-order valence-corrected chi connectivity index (χ2v) is 10.1. The van der Waals surface area contributed by atoms with E-state index in [1.807, 2.05) is 24.3 Å². The van der Waals surface area contributed by atoms with Crippen molar-refractivity contribution in [1.82, 2.24) is 24.0 Å². The smallest absolute Gasteiger partial charge is 0.282 e. The molecular weight excluding hydrogens is 410 g/mol. The summed E-state index contributed by atoms with van der Waals surface area (Å²) in [6.45, 7) is 4.94. The molecule has 0 spiro atoms. The molecule has 0 unspecified atom stereocenters. The minimum Gasteiger partial charge on any atom is -0.335 e. The second-order valence-electron chi connectivity index (χ2n) is 7.16. The van der Waals surface area contributed by atoms with Crippen LogP contribution < -0.4 is 0 Å². The average Bonchev–Trinajstić information content (AvgIpc) is 3.10. The van der Waals surface area contributed by atoms with Crippen LogP contribution in [0.2, 0.25) is 0 Å². The van der Waals surface area contributed by atoms with Gasteiger partial charge in [-0.1, -0.05) is 12.1 Å². The van der Waals surface area contributed by atoms with Crippen LogP contribution in [0.4, 0.5) is 0 Å². The molecule has 0 atom stereocenters. The van der Waals surface area contributed by atoms with E-state index in [2.05, 4.69) is 10.1 Å². The molecule has 8 nitrogen and oxygen atoms in total. The van der Waals surface area contributed by atoms with E-state index in [1.165, 1.54) is 15.6 Å². The van der Waals surface area contributed by atoms with Gasteiger partial charge in [0.1, 0.15) is 4.90 Å². The van der Waals surface area contributed by atoms with Gasteiger partial charge in [-0.15, -0.1) is 11.3 Å². The van der Waals surface area contributed by atoms with E-state index in [9.17, 15) is 13.2 Å². The van der Waals surface area contributed by atoms with Crippen molar-refractivity contribution in [1.29, 1.82) is 0 Å². The number of thiazole rings is 1. The van der Waals surface area contributed by atoms with Gasteiger partial charge in [0.25, 0.3) is 5.91 Å². The monoisotopic (exact) mass is 433 g/mol. The van der Waals surface area contributed by atoms with Crippen molar-refractivity contribution in [2.24, 2.45) is 7.05 Å². The molecule has 2 aromatic heterocycles. The molecule has 0 aliphatic carbocycles. The first-order chi connectivity index (χ1) is 13.8. The first-order valence-corrected chi connectivity index (χ1v) is 11.7. The average molecular weight is 434 g/mol. The molecule has 1 amide bonds. The summed E-state index contributed by atoms with van der Waals surface area (Å²) in [5.41, 5.74) is 1.92. The molecule has 1 aliphatic rings. The topological polar surface area (TPSA) is 88.4 Å². The molecule has 3 heterocycles. The van der Waals surface area contributed by atoms with Crippen LogP contribution in [0.1, 0.15) is 27.6 Å². The van der Waals surface area contributed by atoms with Gasteiger partial charge in [-0.3, -0.25) is 9.48 Å². The summed E-state index contributed by atoms with van der Waals surface area (Å²) in [5.74, 6) is -0.140. The molecule has 0 radical (unpaired) electrons. The lowest BCUT2D eigenvalue weighted by atomic mass is 10.3. The Hall–Kier alpha value is -2.30. The summed E-state index contributed by atoms with van der Waals surface area (Å²) in [4.78, 5) is 19.4. The molecule has 1 aromatic carbocycles. The van der Waals surface area contributed by atoms with Crippen LogP contribution in [0, 0.1) is 13.8 Å². The molecule has 1 saturated heterocycles. The van der Waals surface area contributed by atoms with Crippen molar-refractivity contribution in [3.05, 3.63) is 40.7 Å². The van der Waals surface area contributed by atoms with E-state index in [-0.39, 0.29) is 17.3 Å². The zero-order valence-corrected chi connectivity index (χ0v) is 18.3. The highest BCUT2D eigenvalue weighted by atomic mass is 32.2. The predicted molar refractivity (Wildman–Crippen MR) is 112 cm³/mol. The number of hydrogen-bond donors (Lipinski definition) is 0. The van der Waals surface area contributed by atoms with Gasteiger partial charge in [0.2, 0.25) is 10.0 Å². The summed E-state index contributed by atoms with van der Waals surface area (Å²) < 4.78 is 30.5. The number of para-hydroxylation sites is 1. The molecule has 0 bridgehead atoms. The number of nitrogens with zero attached hydrogens (tertiary/aromatic N) is 5. The van der Waals surface area contributed by atoms with Crippen LogP contribution in [0.3, 0.4) is 0 Å². The number of carbonyl (C=O) groups is 1. The summed E-state index contributed by atoms with van der Waals surface area (Å²) in [6.07, 6.45) is 0.578. The van der Waals surface area contributed by atoms with Crippen molar-refractivity contribution in [2.75, 3.05) is 26.2 Å². The molecule has 3 aromatic rings. The van der Waals surface area contributed by atoms with Crippen LogP contribution in [0.5, 0.6) is 0 Å². The third kappa shape index (κ3) is 3.56. The third-order valence-electron chi connectivity index (χ3n) is 5.26. The van der Waals surface area contributed by atoms with E-state index in [0.717, 1.165) is 10.2 Å². The number of amides is 1. The Balaban J connectivity index is 1.54. The largest absolute Gasteiger partial charge is 0.335 e. The van der Waals surface area contributed by atoms with Crippen LogP contribution >= 0.6 is 11.3 Å². The van der Waals surface area contributed by atoms with Gasteiger partial charge >= 0.3 is 0 Å². The van der Waals surface area contributed by atoms with Crippen LogP contribution in [-0.4, -0.2) is 64.5 Å². The number of fused-ring (bicyclic) bond motifs is 1. The molecule has 0 saturated carbocycles. The number of benzene rings is 1. The molecule has 0 N–H and O–H groups in total. The van der Waals surface area contributed by atoms with Crippen molar-refractivity contribution < 1.29 is 13.2 Å². The first kappa shape index (κ1) is 20.0. The number of aromatic nitrogens is 3. The lowest BCUT2D eigenvalue weighted by Gasteiger charge is -2.21. The third-order valence-corrected chi connectivity index (χ3v) is 8.44. The van der Waals surface area contributed by atoms with E-state index in [1.54, 1.807) is 30.5 Å². The van der Waals surface area contributed by atoms with Gasteiger partial charge in [0.15, 0.2) is 5.01 Å². The van der Waals surface area contributed by atoms with Crippen LogP contribution in [0.25, 0.3) is 10.2 Å². The zero-order valence-electron chi connectivity index (χ0n) is 16.6. The molecule has 1 aliphatic heterocycles. The zero-order chi connectivity index (χ0) is 20.8. The van der Waals surface area contributed by atoms with Crippen molar-refractivity contribution in [2.45, 2.75) is 25.2 Å². The fourth-order valence-corrected chi connectivity index (χ4v) is 6.50. The Bertz CT molecular complexity index is 1150. The number of rotatable bonds is 3. The SMILES string of the molecule is Cc1nn(C)c(C)c1S(=O)(=O)N1CCCN(C(=O)c2nc3ccccc3s2)CC1. The van der Waals surface area contributed by atoms with E-state index >= 15 is 0 Å². The maximum atomic E-state index is 13.2. The van der Waals surface area contributed by atoms with Gasteiger partial charge in [-0.25, -0.2) is 13.4 Å². The minimum absolute atomic E-state index is 0.140. The van der Waals surface area contributed by atoms with Crippen LogP contribution in [-0.2, 0) is 17.1 Å². The van der Waals surface area contributed by atoms with Crippen molar-refractivity contribution in [3.8, 4) is 0 Å². The Labute approximate surface area is 173 Å². The fraction of sp³-hybridized carbons (Fsp3) is 0.421.